The highest BCUT2D eigenvalue weighted by molar-refractivity contribution is 5.81. The fourth-order valence-electron chi connectivity index (χ4n) is 4.05. The summed E-state index contributed by atoms with van der Waals surface area (Å²) in [5.74, 6) is 2.09. The van der Waals surface area contributed by atoms with Crippen LogP contribution in [0.5, 0.6) is 23.0 Å². The molecule has 1 saturated heterocycles. The van der Waals surface area contributed by atoms with Crippen LogP contribution in [0.15, 0.2) is 60.7 Å². The van der Waals surface area contributed by atoms with E-state index in [-0.39, 0.29) is 5.75 Å². The zero-order valence-electron chi connectivity index (χ0n) is 18.1. The molecule has 0 bridgehead atoms. The first-order valence-corrected chi connectivity index (χ1v) is 10.7. The number of phenolic OH excluding ortho intramolecular Hbond substituents is 1. The number of anilines is 1. The summed E-state index contributed by atoms with van der Waals surface area (Å²) in [6, 6.07) is 19.5. The molecule has 0 unspecified atom stereocenters. The molecule has 4 rings (SSSR count). The third-order valence-corrected chi connectivity index (χ3v) is 5.70. The Morgan fingerprint density at radius 3 is 2.26 bits per heavy atom. The first-order chi connectivity index (χ1) is 15.2. The number of piperidine rings is 1. The van der Waals surface area contributed by atoms with E-state index in [0.717, 1.165) is 29.9 Å². The summed E-state index contributed by atoms with van der Waals surface area (Å²) >= 11 is 0. The van der Waals surface area contributed by atoms with Crippen LogP contribution in [0, 0.1) is 0 Å². The lowest BCUT2D eigenvalue weighted by molar-refractivity contribution is 0.284. The Morgan fingerprint density at radius 2 is 1.55 bits per heavy atom. The molecule has 1 N–H and O–H groups in total. The van der Waals surface area contributed by atoms with E-state index in [4.69, 9.17) is 14.2 Å². The molecular formula is C26H29NO4. The number of nitrogens with zero attached hydrogens (tertiary/aromatic N) is 1. The van der Waals surface area contributed by atoms with Crippen LogP contribution in [-0.4, -0.2) is 32.4 Å². The van der Waals surface area contributed by atoms with Crippen molar-refractivity contribution in [3.63, 3.8) is 0 Å². The maximum atomic E-state index is 10.9. The van der Waals surface area contributed by atoms with Gasteiger partial charge in [0, 0.05) is 30.9 Å². The molecule has 0 atom stereocenters. The van der Waals surface area contributed by atoms with Gasteiger partial charge >= 0.3 is 0 Å². The number of ether oxygens (including phenoxy) is 3. The van der Waals surface area contributed by atoms with Gasteiger partial charge in [-0.05, 0) is 42.5 Å². The van der Waals surface area contributed by atoms with Gasteiger partial charge in [-0.2, -0.15) is 0 Å². The smallest absolute Gasteiger partial charge is 0.162 e. The molecule has 0 radical (unpaired) electrons. The minimum Gasteiger partial charge on any atom is -0.507 e. The summed E-state index contributed by atoms with van der Waals surface area (Å²) in [5, 5.41) is 10.9. The lowest BCUT2D eigenvalue weighted by atomic mass is 10.0. The molecule has 0 spiro atoms. The van der Waals surface area contributed by atoms with Crippen molar-refractivity contribution >= 4 is 5.69 Å². The van der Waals surface area contributed by atoms with Crippen molar-refractivity contribution in [2.45, 2.75) is 25.9 Å². The number of methoxy groups -OCH3 is 2. The summed E-state index contributed by atoms with van der Waals surface area (Å²) in [7, 11) is 3.25. The van der Waals surface area contributed by atoms with E-state index >= 15 is 0 Å². The van der Waals surface area contributed by atoms with Gasteiger partial charge in [0.2, 0.25) is 0 Å². The first kappa shape index (κ1) is 20.9. The molecular weight excluding hydrogens is 390 g/mol. The van der Waals surface area contributed by atoms with Crippen LogP contribution in [0.2, 0.25) is 0 Å². The summed E-state index contributed by atoms with van der Waals surface area (Å²) in [5.41, 5.74) is 3.52. The van der Waals surface area contributed by atoms with Gasteiger partial charge in [-0.25, -0.2) is 0 Å². The second-order valence-electron chi connectivity index (χ2n) is 7.73. The lowest BCUT2D eigenvalue weighted by Gasteiger charge is -2.29. The molecule has 1 heterocycles. The number of hydrogen-bond donors (Lipinski definition) is 1. The molecule has 162 valence electrons. The van der Waals surface area contributed by atoms with Crippen LogP contribution in [0.1, 0.15) is 24.8 Å². The molecule has 31 heavy (non-hydrogen) atoms. The van der Waals surface area contributed by atoms with Crippen LogP contribution in [0.3, 0.4) is 0 Å². The molecule has 5 heteroatoms. The Labute approximate surface area is 183 Å². The van der Waals surface area contributed by atoms with Crippen molar-refractivity contribution in [1.29, 1.82) is 0 Å². The molecule has 1 aliphatic heterocycles. The van der Waals surface area contributed by atoms with Crippen molar-refractivity contribution in [1.82, 2.24) is 0 Å². The van der Waals surface area contributed by atoms with E-state index in [0.29, 0.717) is 29.4 Å². The van der Waals surface area contributed by atoms with Crippen molar-refractivity contribution < 1.29 is 19.3 Å². The van der Waals surface area contributed by atoms with E-state index in [1.807, 2.05) is 60.7 Å². The number of hydrogen-bond acceptors (Lipinski definition) is 5. The highest BCUT2D eigenvalue weighted by Crippen LogP contribution is 2.44. The minimum absolute atomic E-state index is 0.194. The standard InChI is InChI=1S/C26H29NO4/c1-29-23-12-11-20(15-24(23)31-18-19-9-5-3-6-10-19)26-22(28)16-21(17-25(26)30-2)27-13-7-4-8-14-27/h3,5-6,9-12,15-17,28H,4,7-8,13-14,18H2,1-2H3. The summed E-state index contributed by atoms with van der Waals surface area (Å²) in [6.45, 7) is 2.43. The molecule has 0 saturated carbocycles. The van der Waals surface area contributed by atoms with E-state index < -0.39 is 0 Å². The summed E-state index contributed by atoms with van der Waals surface area (Å²) in [4.78, 5) is 2.30. The van der Waals surface area contributed by atoms with Gasteiger partial charge in [0.05, 0.1) is 19.8 Å². The van der Waals surface area contributed by atoms with Gasteiger partial charge in [-0.15, -0.1) is 0 Å². The van der Waals surface area contributed by atoms with Crippen molar-refractivity contribution in [2.75, 3.05) is 32.2 Å². The van der Waals surface area contributed by atoms with Crippen molar-refractivity contribution in [3.8, 4) is 34.1 Å². The fraction of sp³-hybridized carbons (Fsp3) is 0.308. The van der Waals surface area contributed by atoms with Crippen LogP contribution >= 0.6 is 0 Å². The Balaban J connectivity index is 1.66. The molecule has 1 fully saturated rings. The number of phenols is 1. The number of aromatic hydroxyl groups is 1. The average molecular weight is 420 g/mol. The molecule has 0 aliphatic carbocycles. The summed E-state index contributed by atoms with van der Waals surface area (Å²) in [6.07, 6.45) is 3.60. The van der Waals surface area contributed by atoms with Gasteiger partial charge in [0.25, 0.3) is 0 Å². The maximum absolute atomic E-state index is 10.9. The molecule has 0 amide bonds. The molecule has 3 aromatic carbocycles. The van der Waals surface area contributed by atoms with E-state index in [9.17, 15) is 5.11 Å². The SMILES string of the molecule is COc1ccc(-c2c(O)cc(N3CCCCC3)cc2OC)cc1OCc1ccccc1. The first-order valence-electron chi connectivity index (χ1n) is 10.7. The normalized spacial score (nSPS) is 13.7. The quantitative estimate of drug-likeness (QED) is 0.537. The zero-order chi connectivity index (χ0) is 21.6. The van der Waals surface area contributed by atoms with Crippen molar-refractivity contribution in [2.24, 2.45) is 0 Å². The second kappa shape index (κ2) is 9.65. The molecule has 0 aromatic heterocycles. The maximum Gasteiger partial charge on any atom is 0.162 e. The van der Waals surface area contributed by atoms with E-state index in [1.165, 1.54) is 19.3 Å². The van der Waals surface area contributed by atoms with Crippen LogP contribution in [0.4, 0.5) is 5.69 Å². The van der Waals surface area contributed by atoms with Crippen LogP contribution < -0.4 is 19.1 Å². The van der Waals surface area contributed by atoms with Gasteiger partial charge in [-0.1, -0.05) is 36.4 Å². The van der Waals surface area contributed by atoms with Crippen LogP contribution in [0.25, 0.3) is 11.1 Å². The number of rotatable bonds is 7. The third-order valence-electron chi connectivity index (χ3n) is 5.70. The van der Waals surface area contributed by atoms with Crippen molar-refractivity contribution in [3.05, 3.63) is 66.2 Å². The topological polar surface area (TPSA) is 51.2 Å². The Hall–Kier alpha value is -3.34. The predicted octanol–water partition coefficient (Wildman–Crippen LogP) is 5.65. The lowest BCUT2D eigenvalue weighted by Crippen LogP contribution is -2.29. The average Bonchev–Trinajstić information content (AvgIpc) is 2.83. The molecule has 5 nitrogen and oxygen atoms in total. The van der Waals surface area contributed by atoms with E-state index in [2.05, 4.69) is 4.90 Å². The zero-order valence-corrected chi connectivity index (χ0v) is 18.1. The van der Waals surface area contributed by atoms with Gasteiger partial charge in [0.1, 0.15) is 18.1 Å². The molecule has 3 aromatic rings. The van der Waals surface area contributed by atoms with Gasteiger partial charge < -0.3 is 24.2 Å². The monoisotopic (exact) mass is 419 g/mol. The Morgan fingerprint density at radius 1 is 0.806 bits per heavy atom. The van der Waals surface area contributed by atoms with Gasteiger partial charge in [0.15, 0.2) is 11.5 Å². The minimum atomic E-state index is 0.194. The highest BCUT2D eigenvalue weighted by atomic mass is 16.5. The Kier molecular flexibility index (Phi) is 6.51. The largest absolute Gasteiger partial charge is 0.507 e. The van der Waals surface area contributed by atoms with Crippen LogP contribution in [-0.2, 0) is 6.61 Å². The summed E-state index contributed by atoms with van der Waals surface area (Å²) < 4.78 is 17.2. The molecule has 1 aliphatic rings. The van der Waals surface area contributed by atoms with Gasteiger partial charge in [-0.3, -0.25) is 0 Å². The number of benzene rings is 3. The van der Waals surface area contributed by atoms with E-state index in [1.54, 1.807) is 14.2 Å². The highest BCUT2D eigenvalue weighted by Gasteiger charge is 2.19. The third kappa shape index (κ3) is 4.71. The second-order valence-corrected chi connectivity index (χ2v) is 7.73. The predicted molar refractivity (Wildman–Crippen MR) is 123 cm³/mol. The Bertz CT molecular complexity index is 1010. The fourth-order valence-corrected chi connectivity index (χ4v) is 4.05.